The van der Waals surface area contributed by atoms with Crippen molar-refractivity contribution in [3.63, 3.8) is 0 Å². The lowest BCUT2D eigenvalue weighted by atomic mass is 9.90. The van der Waals surface area contributed by atoms with Gasteiger partial charge in [-0.05, 0) is 5.56 Å². The molecule has 2 aromatic rings. The van der Waals surface area contributed by atoms with Gasteiger partial charge in [-0.1, -0.05) is 54.6 Å². The molecule has 1 aliphatic carbocycles. The number of carbonyl (C=O) groups is 3. The molecule has 2 N–H and O–H groups in total. The van der Waals surface area contributed by atoms with E-state index in [9.17, 15) is 14.4 Å². The summed E-state index contributed by atoms with van der Waals surface area (Å²) in [7, 11) is 0. The molecule has 3 rings (SSSR count). The van der Waals surface area contributed by atoms with Gasteiger partial charge >= 0.3 is 0 Å². The second-order valence-electron chi connectivity index (χ2n) is 5.47. The monoisotopic (exact) mass is 320 g/mol. The first-order valence-electron chi connectivity index (χ1n) is 7.56. The molecule has 0 bridgehead atoms. The average molecular weight is 320 g/mol. The molecule has 2 aromatic carbocycles. The third-order valence-corrected chi connectivity index (χ3v) is 3.74. The van der Waals surface area contributed by atoms with E-state index in [1.54, 1.807) is 24.3 Å². The molecule has 0 heterocycles. The zero-order valence-corrected chi connectivity index (χ0v) is 13.1. The van der Waals surface area contributed by atoms with Crippen molar-refractivity contribution in [3.8, 4) is 0 Å². The van der Waals surface area contributed by atoms with E-state index in [1.165, 1.54) is 6.92 Å². The van der Waals surface area contributed by atoms with Gasteiger partial charge in [0.25, 0.3) is 5.78 Å². The minimum absolute atomic E-state index is 0.00197. The van der Waals surface area contributed by atoms with Gasteiger partial charge in [0.15, 0.2) is 0 Å². The molecule has 120 valence electrons. The molecule has 0 unspecified atom stereocenters. The molecule has 1 amide bonds. The van der Waals surface area contributed by atoms with E-state index < -0.39 is 17.5 Å². The molecule has 0 atom stereocenters. The number of fused-ring (bicyclic) bond motifs is 1. The third kappa shape index (κ3) is 2.96. The van der Waals surface area contributed by atoms with Crippen molar-refractivity contribution in [1.82, 2.24) is 10.6 Å². The summed E-state index contributed by atoms with van der Waals surface area (Å²) >= 11 is 0. The summed E-state index contributed by atoms with van der Waals surface area (Å²) < 4.78 is 0. The number of hydrogen-bond donors (Lipinski definition) is 2. The first-order chi connectivity index (χ1) is 11.6. The second-order valence-corrected chi connectivity index (χ2v) is 5.47. The van der Waals surface area contributed by atoms with Crippen molar-refractivity contribution in [2.75, 3.05) is 0 Å². The molecule has 0 saturated heterocycles. The lowest BCUT2D eigenvalue weighted by Gasteiger charge is -2.23. The summed E-state index contributed by atoms with van der Waals surface area (Å²) in [6.45, 7) is 1.77. The van der Waals surface area contributed by atoms with E-state index in [0.717, 1.165) is 5.56 Å². The van der Waals surface area contributed by atoms with Crippen molar-refractivity contribution in [2.24, 2.45) is 0 Å². The van der Waals surface area contributed by atoms with E-state index in [0.29, 0.717) is 23.4 Å². The van der Waals surface area contributed by atoms with Crippen molar-refractivity contribution in [3.05, 3.63) is 77.0 Å². The van der Waals surface area contributed by atoms with Gasteiger partial charge in [0.2, 0.25) is 11.7 Å². The third-order valence-electron chi connectivity index (χ3n) is 3.74. The lowest BCUT2D eigenvalue weighted by Crippen LogP contribution is -2.37. The number of ketones is 2. The smallest absolute Gasteiger partial charge is 0.251 e. The zero-order valence-electron chi connectivity index (χ0n) is 13.1. The van der Waals surface area contributed by atoms with Crippen LogP contribution in [0.25, 0.3) is 5.70 Å². The van der Waals surface area contributed by atoms with Gasteiger partial charge < -0.3 is 10.6 Å². The summed E-state index contributed by atoms with van der Waals surface area (Å²) in [6, 6.07) is 16.5. The van der Waals surface area contributed by atoms with Crippen molar-refractivity contribution in [2.45, 2.75) is 13.5 Å². The van der Waals surface area contributed by atoms with Crippen LogP contribution in [-0.2, 0) is 16.1 Å². The maximum atomic E-state index is 12.4. The van der Waals surface area contributed by atoms with Gasteiger partial charge in [-0.15, -0.1) is 0 Å². The molecule has 5 heteroatoms. The fourth-order valence-electron chi connectivity index (χ4n) is 2.65. The Bertz CT molecular complexity index is 854. The van der Waals surface area contributed by atoms with Crippen LogP contribution < -0.4 is 10.6 Å². The number of carbonyl (C=O) groups excluding carboxylic acids is 3. The van der Waals surface area contributed by atoms with Crippen LogP contribution in [0.2, 0.25) is 0 Å². The molecular formula is C19H16N2O3. The number of Topliss-reactive ketones (excluding diaryl/α,β-unsaturated/α-hetero) is 2. The Hall–Kier alpha value is -3.21. The highest BCUT2D eigenvalue weighted by Gasteiger charge is 2.33. The van der Waals surface area contributed by atoms with Crippen LogP contribution in [0.3, 0.4) is 0 Å². The predicted octanol–water partition coefficient (Wildman–Crippen LogP) is 2.05. The standard InChI is InChI=1S/C19H16N2O3/c1-12(22)21-17-16(20-11-13-7-3-2-4-8-13)14-9-5-6-10-15(14)18(23)19(17)24/h2-10,20H,11H2,1H3,(H,21,22). The van der Waals surface area contributed by atoms with Gasteiger partial charge in [-0.25, -0.2) is 0 Å². The van der Waals surface area contributed by atoms with E-state index in [1.807, 2.05) is 30.3 Å². The number of nitrogens with one attached hydrogen (secondary N) is 2. The number of rotatable bonds is 4. The minimum atomic E-state index is -0.709. The number of hydrogen-bond acceptors (Lipinski definition) is 4. The molecule has 0 saturated carbocycles. The Kier molecular flexibility index (Phi) is 4.24. The highest BCUT2D eigenvalue weighted by Crippen LogP contribution is 2.27. The van der Waals surface area contributed by atoms with Crippen LogP contribution in [0.4, 0.5) is 0 Å². The summed E-state index contributed by atoms with van der Waals surface area (Å²) in [5, 5.41) is 5.69. The predicted molar refractivity (Wildman–Crippen MR) is 89.8 cm³/mol. The summed E-state index contributed by atoms with van der Waals surface area (Å²) in [5.41, 5.74) is 2.44. The van der Waals surface area contributed by atoms with Crippen LogP contribution >= 0.6 is 0 Å². The van der Waals surface area contributed by atoms with Gasteiger partial charge in [0.1, 0.15) is 5.70 Å². The number of allylic oxidation sites excluding steroid dienone is 1. The van der Waals surface area contributed by atoms with Gasteiger partial charge in [0.05, 0.1) is 5.70 Å². The Morgan fingerprint density at radius 1 is 0.833 bits per heavy atom. The fraction of sp³-hybridized carbons (Fsp3) is 0.105. The largest absolute Gasteiger partial charge is 0.379 e. The van der Waals surface area contributed by atoms with Crippen LogP contribution in [0.15, 0.2) is 60.3 Å². The molecule has 5 nitrogen and oxygen atoms in total. The SMILES string of the molecule is CC(=O)NC1=C(NCc2ccccc2)c2ccccc2C(=O)C1=O. The second kappa shape index (κ2) is 6.50. The molecule has 0 radical (unpaired) electrons. The van der Waals surface area contributed by atoms with Crippen LogP contribution in [-0.4, -0.2) is 17.5 Å². The van der Waals surface area contributed by atoms with E-state index in [4.69, 9.17) is 0 Å². The van der Waals surface area contributed by atoms with Crippen molar-refractivity contribution >= 4 is 23.2 Å². The normalized spacial score (nSPS) is 13.5. The molecule has 0 spiro atoms. The highest BCUT2D eigenvalue weighted by atomic mass is 16.2. The molecule has 0 aliphatic heterocycles. The quantitative estimate of drug-likeness (QED) is 0.846. The van der Waals surface area contributed by atoms with Crippen LogP contribution in [0, 0.1) is 0 Å². The number of amides is 1. The topological polar surface area (TPSA) is 75.3 Å². The molecule has 0 fully saturated rings. The van der Waals surface area contributed by atoms with E-state index in [2.05, 4.69) is 10.6 Å². The summed E-state index contributed by atoms with van der Waals surface area (Å²) in [4.78, 5) is 36.1. The molecule has 1 aliphatic rings. The van der Waals surface area contributed by atoms with Gasteiger partial charge in [0, 0.05) is 24.6 Å². The van der Waals surface area contributed by atoms with E-state index in [-0.39, 0.29) is 5.70 Å². The van der Waals surface area contributed by atoms with Crippen LogP contribution in [0.5, 0.6) is 0 Å². The Morgan fingerprint density at radius 3 is 2.12 bits per heavy atom. The maximum absolute atomic E-state index is 12.4. The lowest BCUT2D eigenvalue weighted by molar-refractivity contribution is -0.120. The first-order valence-corrected chi connectivity index (χ1v) is 7.56. The van der Waals surface area contributed by atoms with Crippen LogP contribution in [0.1, 0.15) is 28.4 Å². The first kappa shape index (κ1) is 15.7. The highest BCUT2D eigenvalue weighted by molar-refractivity contribution is 6.52. The zero-order chi connectivity index (χ0) is 17.1. The Labute approximate surface area is 139 Å². The van der Waals surface area contributed by atoms with Crippen molar-refractivity contribution in [1.29, 1.82) is 0 Å². The average Bonchev–Trinajstić information content (AvgIpc) is 2.60. The molecular weight excluding hydrogens is 304 g/mol. The van der Waals surface area contributed by atoms with E-state index >= 15 is 0 Å². The molecule has 0 aromatic heterocycles. The summed E-state index contributed by atoms with van der Waals surface area (Å²) in [6.07, 6.45) is 0. The summed E-state index contributed by atoms with van der Waals surface area (Å²) in [5.74, 6) is -1.72. The fourth-order valence-corrected chi connectivity index (χ4v) is 2.65. The maximum Gasteiger partial charge on any atom is 0.251 e. The van der Waals surface area contributed by atoms with Crippen molar-refractivity contribution < 1.29 is 14.4 Å². The Balaban J connectivity index is 2.04. The van der Waals surface area contributed by atoms with Gasteiger partial charge in [-0.2, -0.15) is 0 Å². The molecule has 24 heavy (non-hydrogen) atoms. The minimum Gasteiger partial charge on any atom is -0.379 e. The Morgan fingerprint density at radius 2 is 1.46 bits per heavy atom. The van der Waals surface area contributed by atoms with Gasteiger partial charge in [-0.3, -0.25) is 14.4 Å². The number of benzene rings is 2.